The van der Waals surface area contributed by atoms with Crippen LogP contribution in [-0.4, -0.2) is 20.6 Å². The maximum absolute atomic E-state index is 12.4. The van der Waals surface area contributed by atoms with Gasteiger partial charge in [-0.1, -0.05) is 6.07 Å². The van der Waals surface area contributed by atoms with Gasteiger partial charge < -0.3 is 17.8 Å². The van der Waals surface area contributed by atoms with E-state index >= 15 is 0 Å². The maximum Gasteiger partial charge on any atom is 0.506 e. The number of nitrogens with zero attached hydrogens (tertiary/aromatic N) is 1. The standard InChI is InChI=1S/C12H16BF3N/c1-9-5-10(2)7-12(6-9)17(4)8-11(3)13(14,15)16/h5-7H,3,8H2,1-2,4H3/q-1. The average molecular weight is 242 g/mol. The van der Waals surface area contributed by atoms with Gasteiger partial charge in [0, 0.05) is 19.3 Å². The minimum absolute atomic E-state index is 0.188. The van der Waals surface area contributed by atoms with E-state index < -0.39 is 12.4 Å². The van der Waals surface area contributed by atoms with Gasteiger partial charge in [-0.15, -0.1) is 12.1 Å². The van der Waals surface area contributed by atoms with Crippen molar-refractivity contribution in [2.24, 2.45) is 0 Å². The van der Waals surface area contributed by atoms with Crippen molar-refractivity contribution in [1.29, 1.82) is 0 Å². The van der Waals surface area contributed by atoms with Gasteiger partial charge in [0.15, 0.2) is 0 Å². The molecule has 94 valence electrons. The van der Waals surface area contributed by atoms with E-state index in [4.69, 9.17) is 0 Å². The molecule has 1 nitrogen and oxygen atoms in total. The summed E-state index contributed by atoms with van der Waals surface area (Å²) in [6, 6.07) is 5.72. The molecule has 0 spiro atoms. The van der Waals surface area contributed by atoms with Crippen LogP contribution in [0.3, 0.4) is 0 Å². The van der Waals surface area contributed by atoms with E-state index in [-0.39, 0.29) is 6.54 Å². The molecule has 0 atom stereocenters. The van der Waals surface area contributed by atoms with E-state index in [0.29, 0.717) is 0 Å². The summed E-state index contributed by atoms with van der Waals surface area (Å²) >= 11 is 0. The Labute approximate surface area is 100.0 Å². The van der Waals surface area contributed by atoms with Gasteiger partial charge >= 0.3 is 6.98 Å². The van der Waals surface area contributed by atoms with Gasteiger partial charge in [0.1, 0.15) is 0 Å². The molecule has 0 N–H and O–H groups in total. The van der Waals surface area contributed by atoms with E-state index in [1.807, 2.05) is 32.0 Å². The zero-order chi connectivity index (χ0) is 13.2. The number of aryl methyl sites for hydroxylation is 2. The van der Waals surface area contributed by atoms with Crippen molar-refractivity contribution in [3.63, 3.8) is 0 Å². The highest BCUT2D eigenvalue weighted by molar-refractivity contribution is 6.66. The van der Waals surface area contributed by atoms with Gasteiger partial charge in [0.05, 0.1) is 0 Å². The molecule has 1 aromatic rings. The molecule has 17 heavy (non-hydrogen) atoms. The summed E-state index contributed by atoms with van der Waals surface area (Å²) in [5.74, 6) is 0. The highest BCUT2D eigenvalue weighted by atomic mass is 19.4. The predicted octanol–water partition coefficient (Wildman–Crippen LogP) is 3.68. The summed E-state index contributed by atoms with van der Waals surface area (Å²) in [7, 11) is 1.64. The van der Waals surface area contributed by atoms with Crippen molar-refractivity contribution in [3.8, 4) is 0 Å². The number of likely N-dealkylation sites (N-methyl/N-ethyl adjacent to an activating group) is 1. The lowest BCUT2D eigenvalue weighted by atomic mass is 9.80. The van der Waals surface area contributed by atoms with Crippen LogP contribution in [0.25, 0.3) is 0 Å². The van der Waals surface area contributed by atoms with Crippen LogP contribution in [-0.2, 0) is 0 Å². The van der Waals surface area contributed by atoms with Crippen LogP contribution in [0.1, 0.15) is 11.1 Å². The second kappa shape index (κ2) is 4.86. The smallest absolute Gasteiger partial charge is 0.445 e. The van der Waals surface area contributed by atoms with Crippen LogP contribution in [0.4, 0.5) is 18.6 Å². The maximum atomic E-state index is 12.4. The lowest BCUT2D eigenvalue weighted by Gasteiger charge is -2.26. The molecule has 0 saturated carbocycles. The molecule has 0 amide bonds. The normalized spacial score (nSPS) is 11.4. The van der Waals surface area contributed by atoms with Crippen molar-refractivity contribution in [1.82, 2.24) is 0 Å². The molecule has 0 unspecified atom stereocenters. The monoisotopic (exact) mass is 242 g/mol. The van der Waals surface area contributed by atoms with Gasteiger partial charge in [-0.3, -0.25) is 0 Å². The Morgan fingerprint density at radius 1 is 1.18 bits per heavy atom. The highest BCUT2D eigenvalue weighted by Gasteiger charge is 2.27. The summed E-state index contributed by atoms with van der Waals surface area (Å²) in [6.45, 7) is 1.80. The van der Waals surface area contributed by atoms with E-state index in [9.17, 15) is 12.9 Å². The number of benzene rings is 1. The Balaban J connectivity index is 2.83. The van der Waals surface area contributed by atoms with Crippen LogP contribution in [0, 0.1) is 13.8 Å². The topological polar surface area (TPSA) is 3.24 Å². The Kier molecular flexibility index (Phi) is 3.91. The molecular formula is C12H16BF3N-. The third-order valence-electron chi connectivity index (χ3n) is 2.55. The second-order valence-corrected chi connectivity index (χ2v) is 4.43. The van der Waals surface area contributed by atoms with Gasteiger partial charge in [0.2, 0.25) is 0 Å². The van der Waals surface area contributed by atoms with Crippen molar-refractivity contribution in [2.45, 2.75) is 13.8 Å². The van der Waals surface area contributed by atoms with Gasteiger partial charge in [-0.05, 0) is 37.1 Å². The molecular weight excluding hydrogens is 226 g/mol. The van der Waals surface area contributed by atoms with Crippen LogP contribution in [0.15, 0.2) is 30.3 Å². The fourth-order valence-corrected chi connectivity index (χ4v) is 1.67. The lowest BCUT2D eigenvalue weighted by Crippen LogP contribution is -2.30. The molecule has 0 aliphatic rings. The Morgan fingerprint density at radius 3 is 2.06 bits per heavy atom. The number of hydrogen-bond donors (Lipinski definition) is 0. The molecule has 1 rings (SSSR count). The lowest BCUT2D eigenvalue weighted by molar-refractivity contribution is 0.488. The van der Waals surface area contributed by atoms with Crippen molar-refractivity contribution in [3.05, 3.63) is 41.4 Å². The molecule has 0 bridgehead atoms. The van der Waals surface area contributed by atoms with Gasteiger partial charge in [0.25, 0.3) is 0 Å². The first-order valence-electron chi connectivity index (χ1n) is 5.37. The average Bonchev–Trinajstić information content (AvgIpc) is 2.14. The van der Waals surface area contributed by atoms with Gasteiger partial charge in [-0.2, -0.15) is 0 Å². The summed E-state index contributed by atoms with van der Waals surface area (Å²) in [5.41, 5.74) is 2.18. The highest BCUT2D eigenvalue weighted by Crippen LogP contribution is 2.23. The SMILES string of the molecule is C=C(CN(C)c1cc(C)cc(C)c1)[B-](F)(F)F. The fraction of sp³-hybridized carbons (Fsp3) is 0.333. The Hall–Kier alpha value is -1.39. The van der Waals surface area contributed by atoms with E-state index in [2.05, 4.69) is 6.58 Å². The van der Waals surface area contributed by atoms with Crippen molar-refractivity contribution in [2.75, 3.05) is 18.5 Å². The molecule has 0 heterocycles. The second-order valence-electron chi connectivity index (χ2n) is 4.43. The molecule has 0 aromatic heterocycles. The zero-order valence-corrected chi connectivity index (χ0v) is 10.3. The first kappa shape index (κ1) is 13.7. The molecule has 0 fully saturated rings. The number of rotatable bonds is 4. The number of anilines is 1. The van der Waals surface area contributed by atoms with E-state index in [1.54, 1.807) is 11.9 Å². The third-order valence-corrected chi connectivity index (χ3v) is 2.55. The van der Waals surface area contributed by atoms with Gasteiger partial charge in [-0.25, -0.2) is 0 Å². The largest absolute Gasteiger partial charge is 0.506 e. The summed E-state index contributed by atoms with van der Waals surface area (Å²) < 4.78 is 37.3. The van der Waals surface area contributed by atoms with Crippen LogP contribution >= 0.6 is 0 Å². The molecule has 5 heteroatoms. The summed E-state index contributed by atoms with van der Waals surface area (Å²) in [4.78, 5) is 1.57. The van der Waals surface area contributed by atoms with Crippen LogP contribution in [0.5, 0.6) is 0 Å². The third kappa shape index (κ3) is 3.84. The van der Waals surface area contributed by atoms with Crippen molar-refractivity contribution < 1.29 is 12.9 Å². The molecule has 0 aliphatic heterocycles. The van der Waals surface area contributed by atoms with Crippen LogP contribution in [0.2, 0.25) is 0 Å². The fourth-order valence-electron chi connectivity index (χ4n) is 1.67. The number of halogens is 3. The minimum Gasteiger partial charge on any atom is -0.445 e. The molecule has 0 saturated heterocycles. The van der Waals surface area contributed by atoms with Crippen LogP contribution < -0.4 is 4.90 Å². The Morgan fingerprint density at radius 2 is 1.65 bits per heavy atom. The molecule has 1 aromatic carbocycles. The number of hydrogen-bond acceptors (Lipinski definition) is 1. The predicted molar refractivity (Wildman–Crippen MR) is 67.4 cm³/mol. The van der Waals surface area contributed by atoms with E-state index in [1.165, 1.54) is 0 Å². The summed E-state index contributed by atoms with van der Waals surface area (Å²) in [5, 5.41) is 0. The first-order chi connectivity index (χ1) is 7.70. The molecule has 0 radical (unpaired) electrons. The molecule has 0 aliphatic carbocycles. The first-order valence-corrected chi connectivity index (χ1v) is 5.37. The minimum atomic E-state index is -4.95. The van der Waals surface area contributed by atoms with E-state index in [0.717, 1.165) is 16.8 Å². The zero-order valence-electron chi connectivity index (χ0n) is 10.3. The quantitative estimate of drug-likeness (QED) is 0.728. The Bertz CT molecular complexity index is 406. The van der Waals surface area contributed by atoms with Crippen molar-refractivity contribution >= 4 is 12.7 Å². The summed E-state index contributed by atoms with van der Waals surface area (Å²) in [6.07, 6.45) is 0.